The van der Waals surface area contributed by atoms with Gasteiger partial charge < -0.3 is 13.9 Å². The summed E-state index contributed by atoms with van der Waals surface area (Å²) >= 11 is 0. The van der Waals surface area contributed by atoms with Crippen LogP contribution < -0.4 is 4.90 Å². The molecule has 0 saturated heterocycles. The SMILES string of the molecule is Cc1ccc(F)c(C/C(=C/c2ccc3c(c2)C2(c4cc(N(c5ccc6c(c5)oc5ccccc56)c5cccc6c5c5ccccc5n6-c5cccc6ccccc56)c5ccccc5c4-3)C(C)CCCC2C)c2ccc(-c3ccccc3)cc2)c1. The fourth-order valence-corrected chi connectivity index (χ4v) is 15.3. The van der Waals surface area contributed by atoms with Crippen LogP contribution in [0.2, 0.25) is 0 Å². The number of para-hydroxylation sites is 2. The monoisotopic (exact) mass is 1080 g/mol. The molecule has 2 aromatic heterocycles. The van der Waals surface area contributed by atoms with Gasteiger partial charge in [0.1, 0.15) is 17.0 Å². The smallest absolute Gasteiger partial charge is 0.137 e. The maximum atomic E-state index is 15.9. The van der Waals surface area contributed by atoms with E-state index in [-0.39, 0.29) is 11.2 Å². The molecule has 1 saturated carbocycles. The summed E-state index contributed by atoms with van der Waals surface area (Å²) in [5.41, 5.74) is 20.9. The second-order valence-electron chi connectivity index (χ2n) is 23.8. The Balaban J connectivity index is 0.938. The molecule has 2 aliphatic rings. The van der Waals surface area contributed by atoms with Crippen LogP contribution >= 0.6 is 0 Å². The van der Waals surface area contributed by atoms with Crippen molar-refractivity contribution in [2.75, 3.05) is 4.90 Å². The van der Waals surface area contributed by atoms with Gasteiger partial charge in [0.15, 0.2) is 0 Å². The Hall–Kier alpha value is -9.77. The Kier molecular flexibility index (Phi) is 11.7. The number of rotatable bonds is 9. The molecule has 2 atom stereocenters. The molecule has 0 bridgehead atoms. The molecule has 14 aromatic rings. The van der Waals surface area contributed by atoms with Crippen LogP contribution in [0.15, 0.2) is 253 Å². The first kappa shape index (κ1) is 50.0. The van der Waals surface area contributed by atoms with Gasteiger partial charge in [-0.25, -0.2) is 4.39 Å². The van der Waals surface area contributed by atoms with E-state index in [2.05, 4.69) is 260 Å². The van der Waals surface area contributed by atoms with Crippen molar-refractivity contribution in [1.29, 1.82) is 0 Å². The van der Waals surface area contributed by atoms with Crippen molar-refractivity contribution in [2.45, 2.75) is 51.9 Å². The third kappa shape index (κ3) is 7.77. The molecule has 2 unspecified atom stereocenters. The summed E-state index contributed by atoms with van der Waals surface area (Å²) in [6.07, 6.45) is 6.23. The van der Waals surface area contributed by atoms with Gasteiger partial charge in [0.05, 0.1) is 28.1 Å². The van der Waals surface area contributed by atoms with Gasteiger partial charge in [0.2, 0.25) is 0 Å². The van der Waals surface area contributed by atoms with Crippen LogP contribution in [-0.2, 0) is 11.8 Å². The first-order valence-electron chi connectivity index (χ1n) is 29.8. The Labute approximate surface area is 489 Å². The molecule has 0 radical (unpaired) electrons. The normalized spacial score (nSPS) is 16.8. The third-order valence-electron chi connectivity index (χ3n) is 19.1. The summed E-state index contributed by atoms with van der Waals surface area (Å²) in [7, 11) is 0. The van der Waals surface area contributed by atoms with Gasteiger partial charge in [0, 0.05) is 55.9 Å². The predicted octanol–water partition coefficient (Wildman–Crippen LogP) is 22.1. The van der Waals surface area contributed by atoms with Gasteiger partial charge >= 0.3 is 0 Å². The van der Waals surface area contributed by atoms with Crippen LogP contribution in [0.1, 0.15) is 66.5 Å². The average molecular weight is 1090 g/mol. The highest BCUT2D eigenvalue weighted by Crippen LogP contribution is 2.63. The molecule has 84 heavy (non-hydrogen) atoms. The molecular formula is C80H61FN2O. The van der Waals surface area contributed by atoms with Gasteiger partial charge in [-0.2, -0.15) is 0 Å². The summed E-state index contributed by atoms with van der Waals surface area (Å²) in [6, 6.07) is 90.2. The maximum absolute atomic E-state index is 15.9. The van der Waals surface area contributed by atoms with Crippen molar-refractivity contribution in [3.63, 3.8) is 0 Å². The minimum atomic E-state index is -0.309. The zero-order valence-corrected chi connectivity index (χ0v) is 47.4. The van der Waals surface area contributed by atoms with Crippen LogP contribution in [0.4, 0.5) is 21.5 Å². The second kappa shape index (κ2) is 19.7. The van der Waals surface area contributed by atoms with Crippen molar-refractivity contribution in [3.8, 4) is 27.9 Å². The highest BCUT2D eigenvalue weighted by atomic mass is 19.1. The number of halogens is 1. The van der Waals surface area contributed by atoms with Crippen molar-refractivity contribution < 1.29 is 8.81 Å². The lowest BCUT2D eigenvalue weighted by Crippen LogP contribution is -2.42. The number of nitrogens with zero attached hydrogens (tertiary/aromatic N) is 2. The predicted molar refractivity (Wildman–Crippen MR) is 351 cm³/mol. The van der Waals surface area contributed by atoms with Crippen LogP contribution in [0.3, 0.4) is 0 Å². The molecule has 0 amide bonds. The average Bonchev–Trinajstić information content (AvgIpc) is 1.55. The van der Waals surface area contributed by atoms with Gasteiger partial charge in [-0.15, -0.1) is 0 Å². The molecule has 16 rings (SSSR count). The Morgan fingerprint density at radius 2 is 1.23 bits per heavy atom. The quantitative estimate of drug-likeness (QED) is 0.134. The van der Waals surface area contributed by atoms with Crippen LogP contribution in [0.5, 0.6) is 0 Å². The van der Waals surface area contributed by atoms with E-state index in [4.69, 9.17) is 4.42 Å². The van der Waals surface area contributed by atoms with E-state index in [9.17, 15) is 0 Å². The van der Waals surface area contributed by atoms with Crippen LogP contribution in [-0.4, -0.2) is 4.57 Å². The van der Waals surface area contributed by atoms with E-state index in [1.165, 1.54) is 66.6 Å². The zero-order chi connectivity index (χ0) is 56.2. The fraction of sp³-hybridized carbons (Fsp3) is 0.125. The lowest BCUT2D eigenvalue weighted by Gasteiger charge is -2.47. The van der Waals surface area contributed by atoms with Crippen LogP contribution in [0.25, 0.3) is 105 Å². The highest BCUT2D eigenvalue weighted by Gasteiger charge is 2.53. The number of hydrogen-bond donors (Lipinski definition) is 0. The maximum Gasteiger partial charge on any atom is 0.137 e. The standard InChI is InChI=1S/C80H61FN2O/c1-50-34-43-70(81)59(44-50)47-58(56-38-36-55(37-39-56)54-20-5-4-6-21-54)45-53-35-41-66-68(46-53)80(51(2)18-15-19-52(80)3)69-49-75(62-25-9-10-27-65(62)78(66)69)82(60-40-42-64-63-26-12-14-33-76(63)84-77(64)48-60)73-31-17-32-74-79(73)67-28-11-13-29-72(67)83(74)71-30-16-23-57-22-7-8-24-61(57)71/h4-14,16-17,20-46,48-49,51-52H,15,18-19,47H2,1-3H3/b58-45-. The Morgan fingerprint density at radius 1 is 0.548 bits per heavy atom. The summed E-state index contributed by atoms with van der Waals surface area (Å²) in [5, 5.41) is 9.41. The molecule has 0 aliphatic heterocycles. The second-order valence-corrected chi connectivity index (χ2v) is 23.8. The summed E-state index contributed by atoms with van der Waals surface area (Å²) in [6.45, 7) is 7.08. The van der Waals surface area contributed by atoms with E-state index in [1.54, 1.807) is 6.07 Å². The third-order valence-corrected chi connectivity index (χ3v) is 19.1. The number of allylic oxidation sites excluding steroid dienone is 1. The van der Waals surface area contributed by atoms with E-state index < -0.39 is 0 Å². The van der Waals surface area contributed by atoms with Gasteiger partial charge in [0.25, 0.3) is 0 Å². The van der Waals surface area contributed by atoms with Crippen molar-refractivity contribution in [2.24, 2.45) is 11.8 Å². The largest absolute Gasteiger partial charge is 0.456 e. The molecule has 404 valence electrons. The Bertz CT molecular complexity index is 4970. The number of aromatic nitrogens is 1. The number of furan rings is 1. The van der Waals surface area contributed by atoms with Gasteiger partial charge in [-0.1, -0.05) is 220 Å². The molecule has 12 aromatic carbocycles. The number of fused-ring (bicyclic) bond motifs is 14. The van der Waals surface area contributed by atoms with Gasteiger partial charge in [-0.3, -0.25) is 0 Å². The summed E-state index contributed by atoms with van der Waals surface area (Å²) in [4.78, 5) is 2.56. The zero-order valence-electron chi connectivity index (χ0n) is 47.4. The number of anilines is 3. The van der Waals surface area contributed by atoms with Gasteiger partial charge in [-0.05, 0) is 153 Å². The Morgan fingerprint density at radius 3 is 2.06 bits per heavy atom. The molecule has 4 heteroatoms. The first-order chi connectivity index (χ1) is 41.3. The highest BCUT2D eigenvalue weighted by molar-refractivity contribution is 6.20. The van der Waals surface area contributed by atoms with Crippen molar-refractivity contribution in [3.05, 3.63) is 288 Å². The molecule has 1 fully saturated rings. The molecule has 2 aliphatic carbocycles. The van der Waals surface area contributed by atoms with Crippen molar-refractivity contribution in [1.82, 2.24) is 4.57 Å². The van der Waals surface area contributed by atoms with E-state index in [0.29, 0.717) is 23.8 Å². The molecule has 1 spiro atoms. The minimum absolute atomic E-state index is 0.179. The summed E-state index contributed by atoms with van der Waals surface area (Å²) < 4.78 is 25.2. The lowest BCUT2D eigenvalue weighted by atomic mass is 9.56. The first-order valence-corrected chi connectivity index (χ1v) is 29.8. The topological polar surface area (TPSA) is 21.3 Å². The van der Waals surface area contributed by atoms with E-state index in [1.807, 2.05) is 19.1 Å². The lowest BCUT2D eigenvalue weighted by molar-refractivity contribution is 0.172. The van der Waals surface area contributed by atoms with Crippen molar-refractivity contribution >= 4 is 94.0 Å². The summed E-state index contributed by atoms with van der Waals surface area (Å²) in [5.74, 6) is 0.494. The molecule has 0 N–H and O–H groups in total. The molecule has 2 heterocycles. The fourth-order valence-electron chi connectivity index (χ4n) is 15.3. The minimum Gasteiger partial charge on any atom is -0.456 e. The number of benzene rings is 12. The van der Waals surface area contributed by atoms with E-state index >= 15 is 4.39 Å². The molecular weight excluding hydrogens is 1020 g/mol. The number of aryl methyl sites for hydroxylation is 1. The molecule has 3 nitrogen and oxygen atoms in total. The number of hydrogen-bond acceptors (Lipinski definition) is 2. The van der Waals surface area contributed by atoms with Crippen LogP contribution in [0, 0.1) is 24.6 Å². The van der Waals surface area contributed by atoms with E-state index in [0.717, 1.165) is 96.4 Å².